The van der Waals surface area contributed by atoms with E-state index in [0.29, 0.717) is 12.4 Å². The van der Waals surface area contributed by atoms with Crippen molar-refractivity contribution in [1.29, 1.82) is 0 Å². The Morgan fingerprint density at radius 2 is 1.84 bits per heavy atom. The van der Waals surface area contributed by atoms with Crippen molar-refractivity contribution in [2.45, 2.75) is 6.92 Å². The first kappa shape index (κ1) is 13.0. The van der Waals surface area contributed by atoms with E-state index in [4.69, 9.17) is 10.5 Å². The summed E-state index contributed by atoms with van der Waals surface area (Å²) in [6.45, 7) is 2.53. The average Bonchev–Trinajstić information content (AvgIpc) is 2.26. The molecule has 0 radical (unpaired) electrons. The monoisotopic (exact) mass is 266 g/mol. The van der Waals surface area contributed by atoms with Crippen molar-refractivity contribution in [2.75, 3.05) is 17.6 Å². The molecule has 1 heterocycles. The number of benzene rings is 1. The van der Waals surface area contributed by atoms with Crippen LogP contribution in [0.5, 0.6) is 11.6 Å². The summed E-state index contributed by atoms with van der Waals surface area (Å²) in [5.74, 6) is -0.883. The highest BCUT2D eigenvalue weighted by molar-refractivity contribution is 5.43. The molecule has 0 saturated carbocycles. The number of nitrogens with zero attached hydrogens (tertiary/aromatic N) is 2. The van der Waals surface area contributed by atoms with Gasteiger partial charge in [0.25, 0.3) is 0 Å². The van der Waals surface area contributed by atoms with Gasteiger partial charge in [0.2, 0.25) is 11.8 Å². The van der Waals surface area contributed by atoms with Crippen LogP contribution in [-0.4, -0.2) is 16.5 Å². The van der Waals surface area contributed by atoms with Crippen LogP contribution >= 0.6 is 0 Å². The van der Waals surface area contributed by atoms with Crippen LogP contribution < -0.4 is 15.8 Å². The Labute approximate surface area is 108 Å². The van der Waals surface area contributed by atoms with Crippen molar-refractivity contribution in [3.8, 4) is 11.6 Å². The number of anilines is 2. The molecule has 100 valence electrons. The second kappa shape index (κ2) is 5.47. The van der Waals surface area contributed by atoms with Gasteiger partial charge in [-0.25, -0.2) is 8.78 Å². The molecule has 0 amide bonds. The maximum absolute atomic E-state index is 13.0. The fourth-order valence-corrected chi connectivity index (χ4v) is 1.47. The Hall–Kier alpha value is -2.44. The molecule has 1 aromatic carbocycles. The molecule has 0 spiro atoms. The van der Waals surface area contributed by atoms with Gasteiger partial charge in [-0.3, -0.25) is 0 Å². The maximum atomic E-state index is 13.0. The number of halogens is 2. The molecule has 1 aromatic heterocycles. The van der Waals surface area contributed by atoms with E-state index in [9.17, 15) is 8.78 Å². The zero-order valence-electron chi connectivity index (χ0n) is 10.2. The Morgan fingerprint density at radius 3 is 2.47 bits per heavy atom. The van der Waals surface area contributed by atoms with Crippen LogP contribution in [0.4, 0.5) is 20.5 Å². The molecule has 5 nitrogen and oxygen atoms in total. The van der Waals surface area contributed by atoms with E-state index in [1.54, 1.807) is 0 Å². The van der Waals surface area contributed by atoms with E-state index in [1.165, 1.54) is 6.07 Å². The number of nitrogen functional groups attached to an aromatic ring is 1. The number of rotatable bonds is 4. The van der Waals surface area contributed by atoms with Crippen molar-refractivity contribution in [3.05, 3.63) is 35.9 Å². The Bertz CT molecular complexity index is 572. The molecule has 0 aliphatic rings. The molecule has 19 heavy (non-hydrogen) atoms. The number of nitrogens with one attached hydrogen (secondary N) is 1. The Kier molecular flexibility index (Phi) is 3.74. The number of ether oxygens (including phenoxy) is 1. The van der Waals surface area contributed by atoms with E-state index >= 15 is 0 Å². The molecule has 0 unspecified atom stereocenters. The lowest BCUT2D eigenvalue weighted by Gasteiger charge is -2.08. The van der Waals surface area contributed by atoms with Crippen LogP contribution in [0, 0.1) is 11.6 Å². The smallest absolute Gasteiger partial charge is 0.226 e. The van der Waals surface area contributed by atoms with E-state index in [2.05, 4.69) is 15.3 Å². The largest absolute Gasteiger partial charge is 0.439 e. The molecule has 3 N–H and O–H groups in total. The fourth-order valence-electron chi connectivity index (χ4n) is 1.47. The van der Waals surface area contributed by atoms with E-state index in [-0.39, 0.29) is 17.6 Å². The van der Waals surface area contributed by atoms with Crippen LogP contribution in [0.25, 0.3) is 0 Å². The topological polar surface area (TPSA) is 73.1 Å². The number of hydrogen-bond donors (Lipinski definition) is 2. The summed E-state index contributed by atoms with van der Waals surface area (Å²) in [5.41, 5.74) is 5.51. The number of nitrogens with two attached hydrogens (primary N) is 1. The predicted octanol–water partition coefficient (Wildman–Crippen LogP) is 2.56. The van der Waals surface area contributed by atoms with Gasteiger partial charge < -0.3 is 15.8 Å². The summed E-state index contributed by atoms with van der Waals surface area (Å²) in [4.78, 5) is 7.76. The molecule has 0 aliphatic heterocycles. The van der Waals surface area contributed by atoms with Crippen LogP contribution in [0.15, 0.2) is 24.3 Å². The quantitative estimate of drug-likeness (QED) is 0.889. The maximum Gasteiger partial charge on any atom is 0.226 e. The lowest BCUT2D eigenvalue weighted by atomic mass is 10.3. The predicted molar refractivity (Wildman–Crippen MR) is 67.0 cm³/mol. The van der Waals surface area contributed by atoms with Gasteiger partial charge in [-0.1, -0.05) is 0 Å². The van der Waals surface area contributed by atoms with E-state index < -0.39 is 11.6 Å². The number of aromatic nitrogens is 2. The fraction of sp³-hybridized carbons (Fsp3) is 0.167. The summed E-state index contributed by atoms with van der Waals surface area (Å²) >= 11 is 0. The molecule has 0 atom stereocenters. The second-order valence-electron chi connectivity index (χ2n) is 3.69. The minimum Gasteiger partial charge on any atom is -0.439 e. The highest BCUT2D eigenvalue weighted by Gasteiger charge is 2.07. The average molecular weight is 266 g/mol. The minimum atomic E-state index is -0.732. The first-order valence-electron chi connectivity index (χ1n) is 5.59. The van der Waals surface area contributed by atoms with Crippen molar-refractivity contribution in [2.24, 2.45) is 0 Å². The Morgan fingerprint density at radius 1 is 1.16 bits per heavy atom. The Balaban J connectivity index is 2.27. The molecule has 0 saturated heterocycles. The third-order valence-electron chi connectivity index (χ3n) is 2.14. The third kappa shape index (κ3) is 3.51. The van der Waals surface area contributed by atoms with Crippen molar-refractivity contribution >= 4 is 11.8 Å². The molecule has 7 heteroatoms. The SMILES string of the molecule is CCNc1cc(Oc2cc(F)cc(F)c2)nc(N)n1. The summed E-state index contributed by atoms with van der Waals surface area (Å²) in [6.07, 6.45) is 0. The van der Waals surface area contributed by atoms with Crippen molar-refractivity contribution in [1.82, 2.24) is 9.97 Å². The zero-order valence-corrected chi connectivity index (χ0v) is 10.2. The molecule has 0 fully saturated rings. The first-order chi connectivity index (χ1) is 9.06. The van der Waals surface area contributed by atoms with Gasteiger partial charge in [-0.05, 0) is 6.92 Å². The van der Waals surface area contributed by atoms with Crippen LogP contribution in [0.2, 0.25) is 0 Å². The normalized spacial score (nSPS) is 10.3. The molecule has 0 bridgehead atoms. The lowest BCUT2D eigenvalue weighted by molar-refractivity contribution is 0.451. The van der Waals surface area contributed by atoms with Gasteiger partial charge >= 0.3 is 0 Å². The summed E-state index contributed by atoms with van der Waals surface area (Å²) in [7, 11) is 0. The van der Waals surface area contributed by atoms with Crippen molar-refractivity contribution in [3.63, 3.8) is 0 Å². The summed E-state index contributed by atoms with van der Waals surface area (Å²) < 4.78 is 31.3. The van der Waals surface area contributed by atoms with Gasteiger partial charge in [0.05, 0.1) is 0 Å². The van der Waals surface area contributed by atoms with E-state index in [0.717, 1.165) is 18.2 Å². The van der Waals surface area contributed by atoms with Gasteiger partial charge in [0.1, 0.15) is 23.2 Å². The van der Waals surface area contributed by atoms with Gasteiger partial charge in [-0.15, -0.1) is 0 Å². The standard InChI is InChI=1S/C12H12F2N4O/c1-2-16-10-6-11(18-12(15)17-10)19-9-4-7(13)3-8(14)5-9/h3-6H,2H2,1H3,(H3,15,16,17,18). The van der Waals surface area contributed by atoms with Gasteiger partial charge in [0.15, 0.2) is 0 Å². The molecule has 2 rings (SSSR count). The first-order valence-corrected chi connectivity index (χ1v) is 5.59. The zero-order chi connectivity index (χ0) is 13.8. The molecule has 2 aromatic rings. The highest BCUT2D eigenvalue weighted by atomic mass is 19.1. The van der Waals surface area contributed by atoms with Crippen LogP contribution in [0.1, 0.15) is 6.92 Å². The minimum absolute atomic E-state index is 0.00181. The van der Waals surface area contributed by atoms with Crippen LogP contribution in [0.3, 0.4) is 0 Å². The van der Waals surface area contributed by atoms with Gasteiger partial charge in [0, 0.05) is 30.8 Å². The third-order valence-corrected chi connectivity index (χ3v) is 2.14. The highest BCUT2D eigenvalue weighted by Crippen LogP contribution is 2.23. The van der Waals surface area contributed by atoms with E-state index in [1.807, 2.05) is 6.92 Å². The van der Waals surface area contributed by atoms with Crippen LogP contribution in [-0.2, 0) is 0 Å². The molecular weight excluding hydrogens is 254 g/mol. The molecule has 0 aliphatic carbocycles. The van der Waals surface area contributed by atoms with Gasteiger partial charge in [-0.2, -0.15) is 9.97 Å². The summed E-state index contributed by atoms with van der Waals surface area (Å²) in [6, 6.07) is 4.34. The summed E-state index contributed by atoms with van der Waals surface area (Å²) in [5, 5.41) is 2.94. The second-order valence-corrected chi connectivity index (χ2v) is 3.69. The molecular formula is C12H12F2N4O. The van der Waals surface area contributed by atoms with Crippen molar-refractivity contribution < 1.29 is 13.5 Å². The number of hydrogen-bond acceptors (Lipinski definition) is 5. The lowest BCUT2D eigenvalue weighted by Crippen LogP contribution is -2.04.